The standard InChI is InChI=1S/C14H16IN2S/c1-8-6-9(2)17-13-11(15)4-3-5-12(13)18-14(17)10(8)7-16/h6,11-13H,3-5H2,1-2H3/q+1. The maximum absolute atomic E-state index is 9.39. The first-order valence-electron chi connectivity index (χ1n) is 6.40. The molecule has 4 heteroatoms. The maximum Gasteiger partial charge on any atom is 0.259 e. The Balaban J connectivity index is 2.20. The highest BCUT2D eigenvalue weighted by atomic mass is 127. The van der Waals surface area contributed by atoms with Crippen molar-refractivity contribution in [1.82, 2.24) is 0 Å². The average molecular weight is 371 g/mol. The van der Waals surface area contributed by atoms with E-state index < -0.39 is 0 Å². The lowest BCUT2D eigenvalue weighted by molar-refractivity contribution is -0.755. The molecule has 1 aliphatic carbocycles. The van der Waals surface area contributed by atoms with E-state index in [-0.39, 0.29) is 0 Å². The van der Waals surface area contributed by atoms with Crippen LogP contribution in [0.4, 0.5) is 0 Å². The predicted molar refractivity (Wildman–Crippen MR) is 81.2 cm³/mol. The first-order chi connectivity index (χ1) is 8.63. The van der Waals surface area contributed by atoms with Gasteiger partial charge in [-0.15, -0.1) is 0 Å². The molecule has 3 unspecified atom stereocenters. The van der Waals surface area contributed by atoms with Crippen molar-refractivity contribution >= 4 is 34.4 Å². The number of aromatic nitrogens is 1. The molecule has 1 fully saturated rings. The van der Waals surface area contributed by atoms with E-state index in [4.69, 9.17) is 0 Å². The number of fused-ring (bicyclic) bond motifs is 3. The van der Waals surface area contributed by atoms with E-state index in [1.54, 1.807) is 0 Å². The van der Waals surface area contributed by atoms with E-state index in [1.165, 1.54) is 30.0 Å². The number of hydrogen-bond acceptors (Lipinski definition) is 2. The number of alkyl halides is 1. The molecule has 2 aliphatic rings. The van der Waals surface area contributed by atoms with Crippen molar-refractivity contribution in [3.05, 3.63) is 22.9 Å². The molecule has 0 N–H and O–H groups in total. The summed E-state index contributed by atoms with van der Waals surface area (Å²) in [7, 11) is 0. The Bertz CT molecular complexity index is 550. The summed E-state index contributed by atoms with van der Waals surface area (Å²) in [5, 5.41) is 11.3. The summed E-state index contributed by atoms with van der Waals surface area (Å²) in [6.45, 7) is 4.23. The number of pyridine rings is 1. The van der Waals surface area contributed by atoms with E-state index >= 15 is 0 Å². The third-order valence-electron chi connectivity index (χ3n) is 4.03. The molecule has 1 aromatic heterocycles. The van der Waals surface area contributed by atoms with Crippen molar-refractivity contribution in [2.75, 3.05) is 0 Å². The molecular weight excluding hydrogens is 355 g/mol. The molecule has 0 spiro atoms. The van der Waals surface area contributed by atoms with Crippen LogP contribution >= 0.6 is 34.4 Å². The molecule has 2 heterocycles. The van der Waals surface area contributed by atoms with Gasteiger partial charge < -0.3 is 0 Å². The van der Waals surface area contributed by atoms with Crippen LogP contribution in [0, 0.1) is 25.2 Å². The van der Waals surface area contributed by atoms with Crippen LogP contribution in [0.15, 0.2) is 11.1 Å². The van der Waals surface area contributed by atoms with Gasteiger partial charge >= 0.3 is 0 Å². The highest BCUT2D eigenvalue weighted by Crippen LogP contribution is 2.46. The SMILES string of the molecule is Cc1cc(C)[n+]2c(c1C#N)SC1CCCC(I)C12. The van der Waals surface area contributed by atoms with Gasteiger partial charge in [-0.2, -0.15) is 9.83 Å². The van der Waals surface area contributed by atoms with Gasteiger partial charge in [0.15, 0.2) is 11.7 Å². The van der Waals surface area contributed by atoms with Crippen molar-refractivity contribution in [2.24, 2.45) is 0 Å². The first-order valence-corrected chi connectivity index (χ1v) is 8.52. The van der Waals surface area contributed by atoms with E-state index in [9.17, 15) is 5.26 Å². The van der Waals surface area contributed by atoms with Crippen LogP contribution < -0.4 is 4.57 Å². The van der Waals surface area contributed by atoms with Crippen LogP contribution in [-0.2, 0) is 0 Å². The van der Waals surface area contributed by atoms with Gasteiger partial charge in [-0.1, -0.05) is 29.0 Å². The zero-order valence-corrected chi connectivity index (χ0v) is 13.6. The van der Waals surface area contributed by atoms with Crippen LogP contribution in [0.25, 0.3) is 0 Å². The Labute approximate surface area is 126 Å². The van der Waals surface area contributed by atoms with Gasteiger partial charge in [0.25, 0.3) is 5.03 Å². The lowest BCUT2D eigenvalue weighted by atomic mass is 9.94. The highest BCUT2D eigenvalue weighted by Gasteiger charge is 2.49. The zero-order chi connectivity index (χ0) is 12.9. The molecule has 0 amide bonds. The molecule has 0 saturated heterocycles. The quantitative estimate of drug-likeness (QED) is 0.397. The van der Waals surface area contributed by atoms with Gasteiger partial charge in [0.05, 0.1) is 9.17 Å². The van der Waals surface area contributed by atoms with Gasteiger partial charge in [0.1, 0.15) is 11.6 Å². The fraction of sp³-hybridized carbons (Fsp3) is 0.571. The molecule has 3 rings (SSSR count). The fourth-order valence-corrected chi connectivity index (χ4v) is 6.49. The summed E-state index contributed by atoms with van der Waals surface area (Å²) in [4.78, 5) is 0. The van der Waals surface area contributed by atoms with Gasteiger partial charge in [-0.3, -0.25) is 0 Å². The van der Waals surface area contributed by atoms with Crippen LogP contribution in [0.1, 0.15) is 42.1 Å². The van der Waals surface area contributed by atoms with Gasteiger partial charge in [0, 0.05) is 13.0 Å². The molecule has 0 aromatic carbocycles. The van der Waals surface area contributed by atoms with Crippen molar-refractivity contribution in [3.63, 3.8) is 0 Å². The second-order valence-corrected chi connectivity index (χ2v) is 8.05. The number of halogens is 1. The Morgan fingerprint density at radius 3 is 2.94 bits per heavy atom. The Hall–Kier alpha value is -0.280. The lowest BCUT2D eigenvalue weighted by Gasteiger charge is -2.25. The summed E-state index contributed by atoms with van der Waals surface area (Å²) in [6, 6.07) is 5.16. The second-order valence-electron chi connectivity index (χ2n) is 5.22. The van der Waals surface area contributed by atoms with Crippen LogP contribution in [0.3, 0.4) is 0 Å². The summed E-state index contributed by atoms with van der Waals surface area (Å²) >= 11 is 4.54. The van der Waals surface area contributed by atoms with E-state index in [0.717, 1.165) is 11.1 Å². The molecule has 2 nitrogen and oxygen atoms in total. The minimum atomic E-state index is 0.590. The topological polar surface area (TPSA) is 27.7 Å². The maximum atomic E-state index is 9.39. The van der Waals surface area contributed by atoms with Crippen molar-refractivity contribution in [1.29, 1.82) is 5.26 Å². The molecule has 1 saturated carbocycles. The Morgan fingerprint density at radius 2 is 2.22 bits per heavy atom. The summed E-state index contributed by atoms with van der Waals surface area (Å²) in [5.41, 5.74) is 3.33. The predicted octanol–water partition coefficient (Wildman–Crippen LogP) is 3.47. The van der Waals surface area contributed by atoms with Gasteiger partial charge in [0.2, 0.25) is 0 Å². The number of aryl methyl sites for hydroxylation is 2. The van der Waals surface area contributed by atoms with Crippen molar-refractivity contribution in [3.8, 4) is 6.07 Å². The van der Waals surface area contributed by atoms with Crippen LogP contribution in [0.5, 0.6) is 0 Å². The second kappa shape index (κ2) is 4.68. The summed E-state index contributed by atoms with van der Waals surface area (Å²) in [6.07, 6.45) is 3.93. The van der Waals surface area contributed by atoms with Crippen molar-refractivity contribution in [2.45, 2.75) is 53.4 Å². The van der Waals surface area contributed by atoms with E-state index in [0.29, 0.717) is 15.2 Å². The molecule has 0 bridgehead atoms. The fourth-order valence-electron chi connectivity index (χ4n) is 3.22. The molecular formula is C14H16IN2S+. The lowest BCUT2D eigenvalue weighted by Crippen LogP contribution is -2.49. The molecule has 1 aromatic rings. The zero-order valence-electron chi connectivity index (χ0n) is 10.6. The number of nitrogens with zero attached hydrogens (tertiary/aromatic N) is 2. The minimum absolute atomic E-state index is 0.590. The Kier molecular flexibility index (Phi) is 3.31. The average Bonchev–Trinajstić information content (AvgIpc) is 2.70. The highest BCUT2D eigenvalue weighted by molar-refractivity contribution is 14.1. The third-order valence-corrected chi connectivity index (χ3v) is 6.83. The largest absolute Gasteiger partial charge is 0.259 e. The smallest absolute Gasteiger partial charge is 0.192 e. The summed E-state index contributed by atoms with van der Waals surface area (Å²) in [5.74, 6) is 0. The molecule has 1 aliphatic heterocycles. The first kappa shape index (κ1) is 12.7. The number of hydrogen-bond donors (Lipinski definition) is 0. The molecule has 18 heavy (non-hydrogen) atoms. The van der Waals surface area contributed by atoms with Crippen LogP contribution in [0.2, 0.25) is 0 Å². The van der Waals surface area contributed by atoms with Gasteiger partial charge in [-0.25, -0.2) is 0 Å². The van der Waals surface area contributed by atoms with Gasteiger partial charge in [-0.05, 0) is 37.1 Å². The van der Waals surface area contributed by atoms with E-state index in [1.807, 2.05) is 11.8 Å². The molecule has 3 atom stereocenters. The summed E-state index contributed by atoms with van der Waals surface area (Å²) < 4.78 is 3.14. The Morgan fingerprint density at radius 1 is 1.44 bits per heavy atom. The number of nitriles is 1. The van der Waals surface area contributed by atoms with E-state index in [2.05, 4.69) is 53.1 Å². The van der Waals surface area contributed by atoms with Crippen molar-refractivity contribution < 1.29 is 4.57 Å². The third kappa shape index (κ3) is 1.78. The monoisotopic (exact) mass is 371 g/mol. The normalized spacial score (nSPS) is 29.6. The van der Waals surface area contributed by atoms with Crippen LogP contribution in [-0.4, -0.2) is 9.17 Å². The molecule has 0 radical (unpaired) electrons. The number of rotatable bonds is 0. The number of thioether (sulfide) groups is 1. The molecule has 94 valence electrons. The minimum Gasteiger partial charge on any atom is -0.192 e.